The highest BCUT2D eigenvalue weighted by Gasteiger charge is 2.41. The van der Waals surface area contributed by atoms with Crippen LogP contribution in [0.15, 0.2) is 0 Å². The number of likely N-dealkylation sites (tertiary alicyclic amines) is 1. The van der Waals surface area contributed by atoms with E-state index in [9.17, 15) is 0 Å². The summed E-state index contributed by atoms with van der Waals surface area (Å²) in [6.07, 6.45) is 7.14. The van der Waals surface area contributed by atoms with Gasteiger partial charge in [-0.05, 0) is 57.7 Å². The van der Waals surface area contributed by atoms with Crippen LogP contribution in [0.3, 0.4) is 0 Å². The predicted molar refractivity (Wildman–Crippen MR) is 80.4 cm³/mol. The van der Waals surface area contributed by atoms with E-state index in [-0.39, 0.29) is 0 Å². The quantitative estimate of drug-likeness (QED) is 0.819. The monoisotopic (exact) mass is 265 g/mol. The summed E-state index contributed by atoms with van der Waals surface area (Å²) < 4.78 is 0. The standard InChI is InChI=1S/C16H31N3/c1-3-17-14-9-15-5-6-16(10-14)19(15)12-13-7-8-18(4-2)11-13/h13-17H,3-12H2,1-2H3. The van der Waals surface area contributed by atoms with Crippen LogP contribution >= 0.6 is 0 Å². The van der Waals surface area contributed by atoms with Gasteiger partial charge in [-0.1, -0.05) is 13.8 Å². The fraction of sp³-hybridized carbons (Fsp3) is 1.00. The van der Waals surface area contributed by atoms with Crippen LogP contribution in [0.4, 0.5) is 0 Å². The number of nitrogens with one attached hydrogen (secondary N) is 1. The van der Waals surface area contributed by atoms with Crippen LogP contribution < -0.4 is 5.32 Å². The van der Waals surface area contributed by atoms with E-state index in [0.717, 1.165) is 30.6 Å². The van der Waals surface area contributed by atoms with Crippen LogP contribution in [0.5, 0.6) is 0 Å². The highest BCUT2D eigenvalue weighted by Crippen LogP contribution is 2.37. The van der Waals surface area contributed by atoms with Gasteiger partial charge in [0.05, 0.1) is 0 Å². The van der Waals surface area contributed by atoms with Gasteiger partial charge >= 0.3 is 0 Å². The van der Waals surface area contributed by atoms with Crippen LogP contribution in [0.1, 0.15) is 46.0 Å². The van der Waals surface area contributed by atoms with Crippen molar-refractivity contribution in [3.8, 4) is 0 Å². The minimum absolute atomic E-state index is 0.800. The van der Waals surface area contributed by atoms with Crippen molar-refractivity contribution in [2.24, 2.45) is 5.92 Å². The normalized spacial score (nSPS) is 40.1. The summed E-state index contributed by atoms with van der Waals surface area (Å²) in [5.41, 5.74) is 0. The number of hydrogen-bond donors (Lipinski definition) is 1. The van der Waals surface area contributed by atoms with Crippen molar-refractivity contribution >= 4 is 0 Å². The van der Waals surface area contributed by atoms with E-state index in [1.165, 1.54) is 58.3 Å². The Morgan fingerprint density at radius 2 is 1.79 bits per heavy atom. The van der Waals surface area contributed by atoms with Crippen molar-refractivity contribution in [2.75, 3.05) is 32.7 Å². The molecule has 0 saturated carbocycles. The lowest BCUT2D eigenvalue weighted by atomic mass is 9.95. The van der Waals surface area contributed by atoms with Crippen LogP contribution in [-0.4, -0.2) is 60.6 Å². The van der Waals surface area contributed by atoms with Gasteiger partial charge < -0.3 is 10.2 Å². The topological polar surface area (TPSA) is 18.5 Å². The molecule has 0 amide bonds. The maximum Gasteiger partial charge on any atom is 0.0114 e. The van der Waals surface area contributed by atoms with Crippen molar-refractivity contribution in [3.05, 3.63) is 0 Å². The summed E-state index contributed by atoms with van der Waals surface area (Å²) in [4.78, 5) is 5.51. The van der Waals surface area contributed by atoms with Crippen LogP contribution in [0.2, 0.25) is 0 Å². The summed E-state index contributed by atoms with van der Waals surface area (Å²) in [5.74, 6) is 0.943. The van der Waals surface area contributed by atoms with Crippen molar-refractivity contribution in [1.82, 2.24) is 15.1 Å². The maximum atomic E-state index is 3.68. The Hall–Kier alpha value is -0.120. The highest BCUT2D eigenvalue weighted by molar-refractivity contribution is 4.98. The molecule has 0 aromatic carbocycles. The van der Waals surface area contributed by atoms with Gasteiger partial charge in [0, 0.05) is 31.2 Å². The van der Waals surface area contributed by atoms with Crippen molar-refractivity contribution in [3.63, 3.8) is 0 Å². The average Bonchev–Trinajstić information content (AvgIpc) is 2.94. The molecule has 19 heavy (non-hydrogen) atoms. The molecule has 2 bridgehead atoms. The molecule has 3 aliphatic rings. The molecule has 110 valence electrons. The Balaban J connectivity index is 1.53. The molecule has 0 aromatic heterocycles. The molecule has 3 rings (SSSR count). The predicted octanol–water partition coefficient (Wildman–Crippen LogP) is 1.93. The zero-order valence-corrected chi connectivity index (χ0v) is 12.8. The molecule has 3 aliphatic heterocycles. The Morgan fingerprint density at radius 3 is 2.37 bits per heavy atom. The molecule has 1 N–H and O–H groups in total. The first kappa shape index (κ1) is 13.8. The van der Waals surface area contributed by atoms with Crippen LogP contribution in [0.25, 0.3) is 0 Å². The molecular formula is C16H31N3. The highest BCUT2D eigenvalue weighted by atomic mass is 15.2. The lowest BCUT2D eigenvalue weighted by Gasteiger charge is -2.40. The fourth-order valence-electron chi connectivity index (χ4n) is 4.67. The molecule has 3 nitrogen and oxygen atoms in total. The minimum Gasteiger partial charge on any atom is -0.314 e. The molecule has 3 unspecified atom stereocenters. The molecule has 3 saturated heterocycles. The van der Waals surface area contributed by atoms with Gasteiger partial charge in [0.1, 0.15) is 0 Å². The largest absolute Gasteiger partial charge is 0.314 e. The first-order valence-electron chi connectivity index (χ1n) is 8.51. The Morgan fingerprint density at radius 1 is 1.05 bits per heavy atom. The molecule has 3 heterocycles. The molecule has 0 aliphatic carbocycles. The lowest BCUT2D eigenvalue weighted by molar-refractivity contribution is 0.0989. The number of nitrogens with zero attached hydrogens (tertiary/aromatic N) is 2. The van der Waals surface area contributed by atoms with Crippen molar-refractivity contribution in [1.29, 1.82) is 0 Å². The second-order valence-electron chi connectivity index (χ2n) is 6.86. The first-order valence-corrected chi connectivity index (χ1v) is 8.51. The summed E-state index contributed by atoms with van der Waals surface area (Å²) >= 11 is 0. The van der Waals surface area contributed by atoms with E-state index in [2.05, 4.69) is 29.0 Å². The van der Waals surface area contributed by atoms with Crippen LogP contribution in [-0.2, 0) is 0 Å². The SMILES string of the molecule is CCNC1CC2CCC(C1)N2CC1CCN(CC)C1. The summed E-state index contributed by atoms with van der Waals surface area (Å²) in [7, 11) is 0. The zero-order chi connectivity index (χ0) is 13.2. The molecule has 0 radical (unpaired) electrons. The van der Waals surface area contributed by atoms with Crippen LogP contribution in [0, 0.1) is 5.92 Å². The van der Waals surface area contributed by atoms with Crippen molar-refractivity contribution in [2.45, 2.75) is 64.1 Å². The van der Waals surface area contributed by atoms with Gasteiger partial charge in [0.25, 0.3) is 0 Å². The Kier molecular flexibility index (Phi) is 4.45. The summed E-state index contributed by atoms with van der Waals surface area (Å²) in [6.45, 7) is 11.0. The van der Waals surface area contributed by atoms with Gasteiger partial charge in [-0.25, -0.2) is 0 Å². The Bertz CT molecular complexity index is 280. The average molecular weight is 265 g/mol. The Labute approximate surface area is 118 Å². The van der Waals surface area contributed by atoms with Crippen molar-refractivity contribution < 1.29 is 0 Å². The minimum atomic E-state index is 0.800. The number of rotatable bonds is 5. The van der Waals surface area contributed by atoms with Gasteiger partial charge in [-0.2, -0.15) is 0 Å². The smallest absolute Gasteiger partial charge is 0.0114 e. The summed E-state index contributed by atoms with van der Waals surface area (Å²) in [6, 6.07) is 2.58. The van der Waals surface area contributed by atoms with E-state index < -0.39 is 0 Å². The third-order valence-electron chi connectivity index (χ3n) is 5.66. The van der Waals surface area contributed by atoms with Gasteiger partial charge in [0.15, 0.2) is 0 Å². The number of fused-ring (bicyclic) bond motifs is 2. The lowest BCUT2D eigenvalue weighted by Crippen LogP contribution is -2.50. The van der Waals surface area contributed by atoms with E-state index in [4.69, 9.17) is 0 Å². The van der Waals surface area contributed by atoms with E-state index in [1.807, 2.05) is 0 Å². The summed E-state index contributed by atoms with van der Waals surface area (Å²) in [5, 5.41) is 3.68. The van der Waals surface area contributed by atoms with E-state index >= 15 is 0 Å². The zero-order valence-electron chi connectivity index (χ0n) is 12.8. The second-order valence-corrected chi connectivity index (χ2v) is 6.86. The van der Waals surface area contributed by atoms with Gasteiger partial charge in [-0.3, -0.25) is 4.90 Å². The van der Waals surface area contributed by atoms with E-state index in [0.29, 0.717) is 0 Å². The molecule has 3 atom stereocenters. The molecular weight excluding hydrogens is 234 g/mol. The second kappa shape index (κ2) is 6.11. The first-order chi connectivity index (χ1) is 9.30. The molecule has 0 spiro atoms. The van der Waals surface area contributed by atoms with Gasteiger partial charge in [0.2, 0.25) is 0 Å². The molecule has 0 aromatic rings. The van der Waals surface area contributed by atoms with Gasteiger partial charge in [-0.15, -0.1) is 0 Å². The molecule has 3 fully saturated rings. The maximum absolute atomic E-state index is 3.68. The third-order valence-corrected chi connectivity index (χ3v) is 5.66. The number of hydrogen-bond acceptors (Lipinski definition) is 3. The number of piperidine rings is 1. The fourth-order valence-corrected chi connectivity index (χ4v) is 4.67. The third kappa shape index (κ3) is 2.98. The molecule has 3 heteroatoms. The van der Waals surface area contributed by atoms with E-state index in [1.54, 1.807) is 0 Å².